The van der Waals surface area contributed by atoms with Gasteiger partial charge in [0.05, 0.1) is 11.6 Å². The first-order valence-electron chi connectivity index (χ1n) is 7.51. The normalized spacial score (nSPS) is 15.2. The second kappa shape index (κ2) is 8.37. The van der Waals surface area contributed by atoms with Gasteiger partial charge >= 0.3 is 0 Å². The Morgan fingerprint density at radius 3 is 3.00 bits per heavy atom. The maximum absolute atomic E-state index is 6.23. The van der Waals surface area contributed by atoms with Crippen molar-refractivity contribution in [2.45, 2.75) is 26.3 Å². The molecule has 0 spiro atoms. The van der Waals surface area contributed by atoms with E-state index in [2.05, 4.69) is 34.3 Å². The zero-order valence-electron chi connectivity index (χ0n) is 12.9. The van der Waals surface area contributed by atoms with E-state index in [1.54, 1.807) is 13.3 Å². The highest BCUT2D eigenvalue weighted by Crippen LogP contribution is 2.23. The van der Waals surface area contributed by atoms with Crippen molar-refractivity contribution in [2.24, 2.45) is 0 Å². The van der Waals surface area contributed by atoms with Crippen LogP contribution in [0.1, 0.15) is 25.3 Å². The third-order valence-electron chi connectivity index (χ3n) is 3.62. The lowest BCUT2D eigenvalue weighted by molar-refractivity contribution is 0.222. The number of nitrogens with zero attached hydrogens (tertiary/aromatic N) is 2. The number of rotatable bonds is 7. The first-order chi connectivity index (χ1) is 10.2. The summed E-state index contributed by atoms with van der Waals surface area (Å²) in [5, 5.41) is 4.12. The van der Waals surface area contributed by atoms with E-state index >= 15 is 0 Å². The summed E-state index contributed by atoms with van der Waals surface area (Å²) in [6.45, 7) is 6.54. The van der Waals surface area contributed by atoms with Crippen LogP contribution in [0.2, 0.25) is 5.02 Å². The lowest BCUT2D eigenvalue weighted by Crippen LogP contribution is -2.30. The Morgan fingerprint density at radius 1 is 1.48 bits per heavy atom. The maximum Gasteiger partial charge on any atom is 0.129 e. The van der Waals surface area contributed by atoms with Crippen molar-refractivity contribution in [3.63, 3.8) is 0 Å². The van der Waals surface area contributed by atoms with Gasteiger partial charge in [-0.3, -0.25) is 0 Å². The molecule has 1 aromatic rings. The summed E-state index contributed by atoms with van der Waals surface area (Å²) < 4.78 is 5.18. The van der Waals surface area contributed by atoms with Crippen molar-refractivity contribution in [1.29, 1.82) is 0 Å². The lowest BCUT2D eigenvalue weighted by atomic mass is 10.1. The van der Waals surface area contributed by atoms with Crippen LogP contribution in [-0.2, 0) is 11.3 Å². The van der Waals surface area contributed by atoms with Crippen LogP contribution in [0.25, 0.3) is 0 Å². The lowest BCUT2D eigenvalue weighted by Gasteiger charge is -2.27. The number of aromatic nitrogens is 1. The molecule has 1 aliphatic heterocycles. The highest BCUT2D eigenvalue weighted by Gasteiger charge is 2.14. The molecule has 0 amide bonds. The van der Waals surface area contributed by atoms with Gasteiger partial charge in [0.1, 0.15) is 5.82 Å². The fourth-order valence-corrected chi connectivity index (χ4v) is 2.58. The fourth-order valence-electron chi connectivity index (χ4n) is 2.41. The quantitative estimate of drug-likeness (QED) is 0.620. The van der Waals surface area contributed by atoms with Crippen molar-refractivity contribution in [3.05, 3.63) is 34.5 Å². The van der Waals surface area contributed by atoms with Gasteiger partial charge in [-0.1, -0.05) is 24.6 Å². The van der Waals surface area contributed by atoms with Gasteiger partial charge in [-0.05, 0) is 36.6 Å². The molecule has 0 saturated carbocycles. The Kier molecular flexibility index (Phi) is 6.49. The molecule has 21 heavy (non-hydrogen) atoms. The third kappa shape index (κ3) is 4.70. The minimum absolute atomic E-state index is 0.730. The van der Waals surface area contributed by atoms with Crippen LogP contribution in [0.5, 0.6) is 0 Å². The molecule has 0 bridgehead atoms. The van der Waals surface area contributed by atoms with E-state index < -0.39 is 0 Å². The van der Waals surface area contributed by atoms with E-state index in [0.717, 1.165) is 62.0 Å². The van der Waals surface area contributed by atoms with Crippen molar-refractivity contribution in [1.82, 2.24) is 10.3 Å². The molecule has 4 nitrogen and oxygen atoms in total. The highest BCUT2D eigenvalue weighted by molar-refractivity contribution is 6.31. The molecule has 0 saturated heterocycles. The third-order valence-corrected chi connectivity index (χ3v) is 3.96. The van der Waals surface area contributed by atoms with Gasteiger partial charge in [0, 0.05) is 32.9 Å². The van der Waals surface area contributed by atoms with E-state index in [-0.39, 0.29) is 0 Å². The van der Waals surface area contributed by atoms with Crippen LogP contribution in [-0.4, -0.2) is 38.3 Å². The average molecular weight is 310 g/mol. The SMILES string of the molecule is CCCNCc1cc(N2CC=C(COC)CC2)ncc1Cl. The summed E-state index contributed by atoms with van der Waals surface area (Å²) in [5.74, 6) is 1.00. The van der Waals surface area contributed by atoms with Gasteiger partial charge < -0.3 is 15.0 Å². The molecule has 2 rings (SSSR count). The summed E-state index contributed by atoms with van der Waals surface area (Å²) in [5.41, 5.74) is 2.48. The van der Waals surface area contributed by atoms with E-state index in [0.29, 0.717) is 0 Å². The largest absolute Gasteiger partial charge is 0.380 e. The number of pyridine rings is 1. The topological polar surface area (TPSA) is 37.4 Å². The predicted octanol–water partition coefficient (Wildman–Crippen LogP) is 3.02. The van der Waals surface area contributed by atoms with Crippen molar-refractivity contribution in [3.8, 4) is 0 Å². The molecule has 0 aromatic carbocycles. The molecule has 1 aliphatic rings. The van der Waals surface area contributed by atoms with Crippen LogP contribution in [0.15, 0.2) is 23.9 Å². The molecule has 1 N–H and O–H groups in total. The number of hydrogen-bond acceptors (Lipinski definition) is 4. The number of nitrogens with one attached hydrogen (secondary N) is 1. The van der Waals surface area contributed by atoms with Crippen molar-refractivity contribution < 1.29 is 4.74 Å². The zero-order valence-corrected chi connectivity index (χ0v) is 13.6. The van der Waals surface area contributed by atoms with Crippen molar-refractivity contribution >= 4 is 17.4 Å². The molecular weight excluding hydrogens is 286 g/mol. The first kappa shape index (κ1) is 16.3. The summed E-state index contributed by atoms with van der Waals surface area (Å²) in [7, 11) is 1.74. The number of halogens is 1. The molecule has 116 valence electrons. The molecular formula is C16H24ClN3O. The van der Waals surface area contributed by atoms with Crippen LogP contribution >= 0.6 is 11.6 Å². The van der Waals surface area contributed by atoms with Gasteiger partial charge in [-0.15, -0.1) is 0 Å². The molecule has 0 unspecified atom stereocenters. The van der Waals surface area contributed by atoms with Gasteiger partial charge in [0.25, 0.3) is 0 Å². The summed E-state index contributed by atoms with van der Waals surface area (Å²) in [4.78, 5) is 6.74. The number of anilines is 1. The Morgan fingerprint density at radius 2 is 2.33 bits per heavy atom. The Labute approximate surface area is 132 Å². The number of ether oxygens (including phenoxy) is 1. The molecule has 0 aliphatic carbocycles. The standard InChI is InChI=1S/C16H24ClN3O/c1-3-6-18-10-14-9-16(19-11-15(14)17)20-7-4-13(5-8-20)12-21-2/h4,9,11,18H,3,5-8,10,12H2,1-2H3. The number of methoxy groups -OCH3 is 1. The zero-order chi connectivity index (χ0) is 15.1. The molecule has 2 heterocycles. The molecule has 0 radical (unpaired) electrons. The van der Waals surface area contributed by atoms with Crippen LogP contribution in [0.3, 0.4) is 0 Å². The van der Waals surface area contributed by atoms with E-state index in [1.807, 2.05) is 0 Å². The smallest absolute Gasteiger partial charge is 0.129 e. The van der Waals surface area contributed by atoms with E-state index in [1.165, 1.54) is 5.57 Å². The molecule has 1 aromatic heterocycles. The van der Waals surface area contributed by atoms with Crippen LogP contribution in [0, 0.1) is 0 Å². The second-order valence-electron chi connectivity index (χ2n) is 5.30. The van der Waals surface area contributed by atoms with Gasteiger partial charge in [-0.2, -0.15) is 0 Å². The van der Waals surface area contributed by atoms with E-state index in [4.69, 9.17) is 16.3 Å². The van der Waals surface area contributed by atoms with Gasteiger partial charge in [0.2, 0.25) is 0 Å². The molecule has 0 fully saturated rings. The van der Waals surface area contributed by atoms with Crippen LogP contribution in [0.4, 0.5) is 5.82 Å². The molecule has 5 heteroatoms. The summed E-state index contributed by atoms with van der Waals surface area (Å²) in [6, 6.07) is 2.10. The maximum atomic E-state index is 6.23. The summed E-state index contributed by atoms with van der Waals surface area (Å²) in [6.07, 6.45) is 6.14. The highest BCUT2D eigenvalue weighted by atomic mass is 35.5. The summed E-state index contributed by atoms with van der Waals surface area (Å²) >= 11 is 6.23. The van der Waals surface area contributed by atoms with Crippen molar-refractivity contribution in [2.75, 3.05) is 38.3 Å². The average Bonchev–Trinajstić information content (AvgIpc) is 2.51. The number of hydrogen-bond donors (Lipinski definition) is 1. The van der Waals surface area contributed by atoms with E-state index in [9.17, 15) is 0 Å². The minimum atomic E-state index is 0.730. The second-order valence-corrected chi connectivity index (χ2v) is 5.71. The minimum Gasteiger partial charge on any atom is -0.380 e. The molecule has 0 atom stereocenters. The van der Waals surface area contributed by atoms with Gasteiger partial charge in [-0.25, -0.2) is 4.98 Å². The Bertz CT molecular complexity index is 490. The van der Waals surface area contributed by atoms with Crippen LogP contribution < -0.4 is 10.2 Å². The van der Waals surface area contributed by atoms with Gasteiger partial charge in [0.15, 0.2) is 0 Å². The Balaban J connectivity index is 2.02. The fraction of sp³-hybridized carbons (Fsp3) is 0.562. The first-order valence-corrected chi connectivity index (χ1v) is 7.89. The monoisotopic (exact) mass is 309 g/mol. The predicted molar refractivity (Wildman–Crippen MR) is 88.0 cm³/mol. The Hall–Kier alpha value is -1.10.